The maximum absolute atomic E-state index is 12.4. The number of likely N-dealkylation sites (N-methyl/N-ethyl adjacent to an activating group) is 1. The molecule has 1 amide bonds. The molecule has 0 aliphatic heterocycles. The van der Waals surface area contributed by atoms with Crippen molar-refractivity contribution in [3.05, 3.63) is 53.6 Å². The molecule has 0 radical (unpaired) electrons. The van der Waals surface area contributed by atoms with Gasteiger partial charge in [-0.05, 0) is 43.1 Å². The Labute approximate surface area is 162 Å². The van der Waals surface area contributed by atoms with E-state index in [1.807, 2.05) is 42.3 Å². The molecule has 0 aliphatic rings. The fourth-order valence-corrected chi connectivity index (χ4v) is 3.00. The number of nitrogens with one attached hydrogen (secondary N) is 1. The number of rotatable bonds is 9. The van der Waals surface area contributed by atoms with E-state index < -0.39 is 0 Å². The van der Waals surface area contributed by atoms with Crippen molar-refractivity contribution in [2.75, 3.05) is 33.1 Å². The van der Waals surface area contributed by atoms with Crippen molar-refractivity contribution in [1.29, 1.82) is 0 Å². The molecular formula is C22H30N2O3. The molecule has 0 heterocycles. The van der Waals surface area contributed by atoms with E-state index in [9.17, 15) is 4.79 Å². The normalized spacial score (nSPS) is 11.9. The summed E-state index contributed by atoms with van der Waals surface area (Å²) in [6.07, 6.45) is 1.10. The third kappa shape index (κ3) is 5.73. The van der Waals surface area contributed by atoms with Gasteiger partial charge in [0.1, 0.15) is 0 Å². The van der Waals surface area contributed by atoms with Gasteiger partial charge in [0.05, 0.1) is 20.8 Å². The number of amides is 1. The lowest BCUT2D eigenvalue weighted by Gasteiger charge is -2.19. The average molecular weight is 370 g/mol. The van der Waals surface area contributed by atoms with E-state index in [2.05, 4.69) is 31.3 Å². The molecule has 2 aromatic rings. The fraction of sp³-hybridized carbons (Fsp3) is 0.409. The molecular weight excluding hydrogens is 340 g/mol. The second-order valence-corrected chi connectivity index (χ2v) is 6.80. The van der Waals surface area contributed by atoms with E-state index in [0.717, 1.165) is 17.7 Å². The highest BCUT2D eigenvalue weighted by molar-refractivity contribution is 5.92. The Hall–Kier alpha value is -2.53. The molecule has 1 atom stereocenters. The number of ether oxygens (including phenoxy) is 2. The molecule has 0 unspecified atom stereocenters. The molecule has 0 saturated carbocycles. The van der Waals surface area contributed by atoms with Crippen molar-refractivity contribution in [1.82, 2.24) is 4.90 Å². The van der Waals surface area contributed by atoms with Crippen LogP contribution in [0.15, 0.2) is 42.5 Å². The van der Waals surface area contributed by atoms with Gasteiger partial charge in [0.15, 0.2) is 11.5 Å². The molecule has 5 nitrogen and oxygen atoms in total. The van der Waals surface area contributed by atoms with Gasteiger partial charge in [-0.2, -0.15) is 0 Å². The molecule has 146 valence electrons. The quantitative estimate of drug-likeness (QED) is 0.715. The van der Waals surface area contributed by atoms with Gasteiger partial charge < -0.3 is 14.8 Å². The minimum atomic E-state index is -0.0457. The summed E-state index contributed by atoms with van der Waals surface area (Å²) in [6, 6.07) is 13.8. The molecule has 0 aromatic heterocycles. The van der Waals surface area contributed by atoms with E-state index in [1.165, 1.54) is 5.56 Å². The number of para-hydroxylation sites is 1. The number of anilines is 1. The van der Waals surface area contributed by atoms with Gasteiger partial charge >= 0.3 is 0 Å². The molecule has 0 bridgehead atoms. The summed E-state index contributed by atoms with van der Waals surface area (Å²) >= 11 is 0. The van der Waals surface area contributed by atoms with E-state index in [4.69, 9.17) is 9.47 Å². The van der Waals surface area contributed by atoms with Crippen molar-refractivity contribution in [2.24, 2.45) is 0 Å². The SMILES string of the molecule is CC[C@@H](C)c1ccc(NC(=O)CN(C)Cc2cccc(OC)c2OC)cc1. The van der Waals surface area contributed by atoms with Crippen LogP contribution in [-0.2, 0) is 11.3 Å². The number of hydrogen-bond acceptors (Lipinski definition) is 4. The maximum Gasteiger partial charge on any atom is 0.238 e. The Morgan fingerprint density at radius 1 is 1.11 bits per heavy atom. The lowest BCUT2D eigenvalue weighted by atomic mass is 9.99. The minimum Gasteiger partial charge on any atom is -0.493 e. The second-order valence-electron chi connectivity index (χ2n) is 6.80. The van der Waals surface area contributed by atoms with Crippen molar-refractivity contribution in [3.8, 4) is 11.5 Å². The van der Waals surface area contributed by atoms with Crippen LogP contribution in [0.5, 0.6) is 11.5 Å². The highest BCUT2D eigenvalue weighted by Gasteiger charge is 2.13. The van der Waals surface area contributed by atoms with Gasteiger partial charge in [0.2, 0.25) is 5.91 Å². The number of nitrogens with zero attached hydrogens (tertiary/aromatic N) is 1. The molecule has 1 N–H and O–H groups in total. The van der Waals surface area contributed by atoms with Crippen LogP contribution in [0.4, 0.5) is 5.69 Å². The maximum atomic E-state index is 12.4. The van der Waals surface area contributed by atoms with Crippen molar-refractivity contribution in [3.63, 3.8) is 0 Å². The van der Waals surface area contributed by atoms with Crippen LogP contribution < -0.4 is 14.8 Å². The Morgan fingerprint density at radius 3 is 2.41 bits per heavy atom. The van der Waals surface area contributed by atoms with Crippen molar-refractivity contribution >= 4 is 11.6 Å². The first-order chi connectivity index (χ1) is 13.0. The fourth-order valence-electron chi connectivity index (χ4n) is 3.00. The zero-order chi connectivity index (χ0) is 19.8. The summed E-state index contributed by atoms with van der Waals surface area (Å²) in [4.78, 5) is 14.3. The third-order valence-electron chi connectivity index (χ3n) is 4.71. The number of benzene rings is 2. The zero-order valence-electron chi connectivity index (χ0n) is 16.9. The molecule has 2 aromatic carbocycles. The van der Waals surface area contributed by atoms with Gasteiger partial charge in [-0.1, -0.05) is 38.1 Å². The summed E-state index contributed by atoms with van der Waals surface area (Å²) in [5.41, 5.74) is 3.09. The summed E-state index contributed by atoms with van der Waals surface area (Å²) < 4.78 is 10.8. The number of hydrogen-bond donors (Lipinski definition) is 1. The molecule has 0 spiro atoms. The van der Waals surface area contributed by atoms with E-state index in [-0.39, 0.29) is 12.5 Å². The molecule has 0 aliphatic carbocycles. The van der Waals surface area contributed by atoms with Gasteiger partial charge in [-0.15, -0.1) is 0 Å². The first-order valence-electron chi connectivity index (χ1n) is 9.26. The van der Waals surface area contributed by atoms with Crippen LogP contribution in [0.25, 0.3) is 0 Å². The Balaban J connectivity index is 1.94. The Kier molecular flexibility index (Phi) is 7.67. The predicted molar refractivity (Wildman–Crippen MR) is 110 cm³/mol. The Morgan fingerprint density at radius 2 is 1.81 bits per heavy atom. The number of methoxy groups -OCH3 is 2. The predicted octanol–water partition coefficient (Wildman–Crippen LogP) is 4.29. The van der Waals surface area contributed by atoms with Crippen molar-refractivity contribution in [2.45, 2.75) is 32.7 Å². The summed E-state index contributed by atoms with van der Waals surface area (Å²) in [5.74, 6) is 1.87. The molecule has 0 fully saturated rings. The van der Waals surface area contributed by atoms with Gasteiger partial charge in [-0.25, -0.2) is 0 Å². The van der Waals surface area contributed by atoms with E-state index >= 15 is 0 Å². The monoisotopic (exact) mass is 370 g/mol. The minimum absolute atomic E-state index is 0.0457. The summed E-state index contributed by atoms with van der Waals surface area (Å²) in [5, 5.41) is 2.96. The summed E-state index contributed by atoms with van der Waals surface area (Å²) in [6.45, 7) is 5.25. The second kappa shape index (κ2) is 9.97. The first kappa shape index (κ1) is 20.8. The Bertz CT molecular complexity index is 744. The summed E-state index contributed by atoms with van der Waals surface area (Å²) in [7, 11) is 5.15. The van der Waals surface area contributed by atoms with Gasteiger partial charge in [0.25, 0.3) is 0 Å². The standard InChI is InChI=1S/C22H30N2O3/c1-6-16(2)17-10-12-19(13-11-17)23-21(25)15-24(3)14-18-8-7-9-20(26-4)22(18)27-5/h7-13,16H,6,14-15H2,1-5H3,(H,23,25)/t16-/m1/s1. The van der Waals surface area contributed by atoms with Crippen LogP contribution in [0.1, 0.15) is 37.3 Å². The van der Waals surface area contributed by atoms with E-state index in [0.29, 0.717) is 24.0 Å². The van der Waals surface area contributed by atoms with Crippen LogP contribution >= 0.6 is 0 Å². The third-order valence-corrected chi connectivity index (χ3v) is 4.71. The van der Waals surface area contributed by atoms with Crippen LogP contribution in [-0.4, -0.2) is 38.6 Å². The average Bonchev–Trinajstić information content (AvgIpc) is 2.67. The highest BCUT2D eigenvalue weighted by atomic mass is 16.5. The molecule has 2 rings (SSSR count). The topological polar surface area (TPSA) is 50.8 Å². The van der Waals surface area contributed by atoms with E-state index in [1.54, 1.807) is 14.2 Å². The van der Waals surface area contributed by atoms with Crippen LogP contribution in [0, 0.1) is 0 Å². The molecule has 27 heavy (non-hydrogen) atoms. The first-order valence-corrected chi connectivity index (χ1v) is 9.26. The smallest absolute Gasteiger partial charge is 0.238 e. The number of carbonyl (C=O) groups is 1. The molecule has 0 saturated heterocycles. The molecule has 5 heteroatoms. The highest BCUT2D eigenvalue weighted by Crippen LogP contribution is 2.31. The van der Waals surface area contributed by atoms with Crippen LogP contribution in [0.2, 0.25) is 0 Å². The van der Waals surface area contributed by atoms with Crippen molar-refractivity contribution < 1.29 is 14.3 Å². The number of carbonyl (C=O) groups excluding carboxylic acids is 1. The van der Waals surface area contributed by atoms with Gasteiger partial charge in [0, 0.05) is 17.8 Å². The largest absolute Gasteiger partial charge is 0.493 e. The lowest BCUT2D eigenvalue weighted by Crippen LogP contribution is -2.30. The lowest BCUT2D eigenvalue weighted by molar-refractivity contribution is -0.117. The zero-order valence-corrected chi connectivity index (χ0v) is 16.9. The van der Waals surface area contributed by atoms with Crippen LogP contribution in [0.3, 0.4) is 0 Å². The van der Waals surface area contributed by atoms with Gasteiger partial charge in [-0.3, -0.25) is 9.69 Å².